The van der Waals surface area contributed by atoms with Crippen molar-refractivity contribution in [3.05, 3.63) is 102 Å². The van der Waals surface area contributed by atoms with Crippen molar-refractivity contribution >= 4 is 10.7 Å². The van der Waals surface area contributed by atoms with E-state index in [9.17, 15) is 8.42 Å². The highest BCUT2D eigenvalue weighted by Crippen LogP contribution is 2.34. The second-order valence-corrected chi connectivity index (χ2v) is 6.07. The van der Waals surface area contributed by atoms with Crippen LogP contribution in [0.3, 0.4) is 0 Å². The second-order valence-electron chi connectivity index (χ2n) is 5.07. The normalized spacial score (nSPS) is 11.0. The Labute approximate surface area is 132 Å². The van der Waals surface area contributed by atoms with Crippen LogP contribution in [0.25, 0.3) is 0 Å². The molecule has 0 N–H and O–H groups in total. The van der Waals surface area contributed by atoms with E-state index in [0.717, 1.165) is 16.7 Å². The molecule has 3 heteroatoms. The molecule has 0 bridgehead atoms. The zero-order valence-electron chi connectivity index (χ0n) is 11.9. The molecular weight excluding hydrogens is 292 g/mol. The minimum absolute atomic E-state index is 0.0912. The van der Waals surface area contributed by atoms with E-state index in [0.29, 0.717) is 4.90 Å². The van der Waals surface area contributed by atoms with E-state index >= 15 is 0 Å². The summed E-state index contributed by atoms with van der Waals surface area (Å²) in [5.74, 6) is -0.0912. The smallest absolute Gasteiger partial charge is 0.168 e. The predicted molar refractivity (Wildman–Crippen MR) is 88.9 cm³/mol. The number of hydrogen-bond donors (Lipinski definition) is 1. The van der Waals surface area contributed by atoms with Crippen molar-refractivity contribution in [1.29, 1.82) is 0 Å². The van der Waals surface area contributed by atoms with Crippen LogP contribution in [0.15, 0.2) is 89.8 Å². The molecule has 0 amide bonds. The van der Waals surface area contributed by atoms with Gasteiger partial charge in [0.1, 0.15) is 0 Å². The van der Waals surface area contributed by atoms with Crippen molar-refractivity contribution in [2.75, 3.05) is 0 Å². The van der Waals surface area contributed by atoms with Crippen LogP contribution in [0.1, 0.15) is 22.6 Å². The zero-order valence-corrected chi connectivity index (χ0v) is 12.8. The molecule has 0 spiro atoms. The quantitative estimate of drug-likeness (QED) is 0.587. The van der Waals surface area contributed by atoms with Crippen LogP contribution >= 0.6 is 0 Å². The molecule has 0 aliphatic carbocycles. The number of rotatable bonds is 4. The fraction of sp³-hybridized carbons (Fsp3) is 0.0526. The summed E-state index contributed by atoms with van der Waals surface area (Å²) in [7, 11) is -2.63. The predicted octanol–water partition coefficient (Wildman–Crippen LogP) is 3.84. The van der Waals surface area contributed by atoms with Crippen molar-refractivity contribution in [3.63, 3.8) is 0 Å². The summed E-state index contributed by atoms with van der Waals surface area (Å²) in [5.41, 5.74) is 2.98. The Bertz CT molecular complexity index is 777. The Balaban J connectivity index is 2.24. The minimum Gasteiger partial charge on any atom is -0.227 e. The Morgan fingerprint density at radius 3 is 1.55 bits per heavy atom. The van der Waals surface area contributed by atoms with E-state index in [2.05, 4.69) is 0 Å². The maximum absolute atomic E-state index is 11.6. The summed E-state index contributed by atoms with van der Waals surface area (Å²) in [5, 5.41) is 0. The molecule has 0 saturated heterocycles. The molecule has 3 aromatic rings. The van der Waals surface area contributed by atoms with E-state index in [1.807, 2.05) is 72.8 Å². The van der Waals surface area contributed by atoms with Gasteiger partial charge in [0.05, 0.1) is 4.90 Å². The number of hydrogen-bond acceptors (Lipinski definition) is 2. The molecule has 0 unspecified atom stereocenters. The van der Waals surface area contributed by atoms with Crippen LogP contribution in [0.5, 0.6) is 0 Å². The van der Waals surface area contributed by atoms with Crippen LogP contribution in [-0.2, 0) is 10.7 Å². The van der Waals surface area contributed by atoms with Gasteiger partial charge >= 0.3 is 0 Å². The van der Waals surface area contributed by atoms with Gasteiger partial charge in [0, 0.05) is 5.92 Å². The highest BCUT2D eigenvalue weighted by atomic mass is 32.2. The van der Waals surface area contributed by atoms with Gasteiger partial charge in [0.15, 0.2) is 10.7 Å². The van der Waals surface area contributed by atoms with Crippen molar-refractivity contribution in [3.8, 4) is 0 Å². The Morgan fingerprint density at radius 1 is 0.591 bits per heavy atom. The molecule has 0 radical (unpaired) electrons. The molecule has 3 rings (SSSR count). The third-order valence-corrected chi connectivity index (χ3v) is 4.51. The van der Waals surface area contributed by atoms with Gasteiger partial charge in [-0.2, -0.15) is 0 Å². The van der Waals surface area contributed by atoms with Gasteiger partial charge in [0.25, 0.3) is 0 Å². The molecule has 0 aromatic heterocycles. The monoisotopic (exact) mass is 308 g/mol. The molecule has 0 heterocycles. The largest absolute Gasteiger partial charge is 0.227 e. The first kappa shape index (κ1) is 14.5. The highest BCUT2D eigenvalue weighted by molar-refractivity contribution is 7.72. The van der Waals surface area contributed by atoms with Gasteiger partial charge in [-0.25, -0.2) is 8.42 Å². The summed E-state index contributed by atoms with van der Waals surface area (Å²) in [6, 6.07) is 27.2. The highest BCUT2D eigenvalue weighted by Gasteiger charge is 2.20. The third kappa shape index (κ3) is 2.95. The van der Waals surface area contributed by atoms with Crippen molar-refractivity contribution < 1.29 is 8.42 Å². The molecule has 22 heavy (non-hydrogen) atoms. The van der Waals surface area contributed by atoms with Crippen LogP contribution in [0.4, 0.5) is 0 Å². The SMILES string of the molecule is O=[SH](=O)c1ccccc1C(c1ccccc1)c1ccccc1. The van der Waals surface area contributed by atoms with Crippen molar-refractivity contribution in [1.82, 2.24) is 0 Å². The molecule has 0 saturated carbocycles. The Kier molecular flexibility index (Phi) is 4.35. The molecular formula is C19H16O2S. The zero-order chi connectivity index (χ0) is 15.4. The van der Waals surface area contributed by atoms with E-state index in [4.69, 9.17) is 0 Å². The summed E-state index contributed by atoms with van der Waals surface area (Å²) in [6.07, 6.45) is 0. The fourth-order valence-electron chi connectivity index (χ4n) is 2.74. The summed E-state index contributed by atoms with van der Waals surface area (Å²) in [4.78, 5) is 0.384. The van der Waals surface area contributed by atoms with Gasteiger partial charge in [-0.15, -0.1) is 0 Å². The van der Waals surface area contributed by atoms with Crippen LogP contribution in [-0.4, -0.2) is 8.42 Å². The van der Waals surface area contributed by atoms with Gasteiger partial charge in [-0.3, -0.25) is 0 Å². The fourth-order valence-corrected chi connectivity index (χ4v) is 3.36. The first-order chi connectivity index (χ1) is 10.8. The van der Waals surface area contributed by atoms with Crippen LogP contribution in [0, 0.1) is 0 Å². The topological polar surface area (TPSA) is 34.1 Å². The van der Waals surface area contributed by atoms with E-state index in [1.165, 1.54) is 0 Å². The lowest BCUT2D eigenvalue weighted by Crippen LogP contribution is -2.06. The minimum atomic E-state index is -2.63. The Morgan fingerprint density at radius 2 is 1.05 bits per heavy atom. The van der Waals surface area contributed by atoms with Gasteiger partial charge < -0.3 is 0 Å². The summed E-state index contributed by atoms with van der Waals surface area (Å²) >= 11 is 0. The van der Waals surface area contributed by atoms with Gasteiger partial charge in [0.2, 0.25) is 0 Å². The molecule has 0 fully saturated rings. The van der Waals surface area contributed by atoms with E-state index in [1.54, 1.807) is 12.1 Å². The van der Waals surface area contributed by atoms with Crippen LogP contribution < -0.4 is 0 Å². The molecule has 0 aliphatic rings. The second kappa shape index (κ2) is 6.58. The number of benzene rings is 3. The van der Waals surface area contributed by atoms with E-state index in [-0.39, 0.29) is 5.92 Å². The van der Waals surface area contributed by atoms with E-state index < -0.39 is 10.7 Å². The third-order valence-electron chi connectivity index (χ3n) is 3.71. The summed E-state index contributed by atoms with van der Waals surface area (Å²) < 4.78 is 23.3. The van der Waals surface area contributed by atoms with Crippen molar-refractivity contribution in [2.45, 2.75) is 10.8 Å². The molecule has 2 nitrogen and oxygen atoms in total. The van der Waals surface area contributed by atoms with Crippen LogP contribution in [0.2, 0.25) is 0 Å². The lowest BCUT2D eigenvalue weighted by atomic mass is 9.85. The molecule has 3 aromatic carbocycles. The van der Waals surface area contributed by atoms with Crippen molar-refractivity contribution in [2.24, 2.45) is 0 Å². The van der Waals surface area contributed by atoms with Gasteiger partial charge in [-0.05, 0) is 22.8 Å². The lowest BCUT2D eigenvalue weighted by molar-refractivity contribution is 0.613. The first-order valence-electron chi connectivity index (χ1n) is 7.10. The average Bonchev–Trinajstić information content (AvgIpc) is 2.57. The lowest BCUT2D eigenvalue weighted by Gasteiger charge is -2.20. The molecule has 110 valence electrons. The molecule has 0 atom stereocenters. The Hall–Kier alpha value is -2.39. The summed E-state index contributed by atoms with van der Waals surface area (Å²) in [6.45, 7) is 0. The standard InChI is InChI=1S/C19H16O2S/c20-22(21)18-14-8-7-13-17(18)19(15-9-3-1-4-10-15)16-11-5-2-6-12-16/h1-14,19,22H. The van der Waals surface area contributed by atoms with Gasteiger partial charge in [-0.1, -0.05) is 78.9 Å². The molecule has 0 aliphatic heterocycles. The average molecular weight is 308 g/mol. The number of thiol groups is 1. The maximum atomic E-state index is 11.6. The maximum Gasteiger partial charge on any atom is 0.168 e. The first-order valence-corrected chi connectivity index (χ1v) is 8.28.